The molecule has 0 unspecified atom stereocenters. The molecule has 116 valence electrons. The van der Waals surface area contributed by atoms with Gasteiger partial charge < -0.3 is 10.2 Å². The first-order chi connectivity index (χ1) is 10.1. The molecular weight excluding hydrogens is 300 g/mol. The second-order valence-corrected chi connectivity index (χ2v) is 8.19. The molecule has 3 heterocycles. The summed E-state index contributed by atoms with van der Waals surface area (Å²) in [4.78, 5) is 11.8. The van der Waals surface area contributed by atoms with E-state index in [0.29, 0.717) is 6.04 Å². The average molecular weight is 325 g/mol. The molecule has 4 nitrogen and oxygen atoms in total. The predicted molar refractivity (Wildman–Crippen MR) is 95.1 cm³/mol. The van der Waals surface area contributed by atoms with Gasteiger partial charge in [-0.1, -0.05) is 30.4 Å². The van der Waals surface area contributed by atoms with Crippen LogP contribution in [-0.2, 0) is 0 Å². The molecule has 0 saturated heterocycles. The van der Waals surface area contributed by atoms with Gasteiger partial charge in [0.2, 0.25) is 0 Å². The highest BCUT2D eigenvalue weighted by atomic mass is 32.2. The second kappa shape index (κ2) is 6.24. The van der Waals surface area contributed by atoms with Gasteiger partial charge in [-0.2, -0.15) is 0 Å². The number of nitrogens with zero attached hydrogens (tertiary/aromatic N) is 3. The molecule has 6 heteroatoms. The summed E-state index contributed by atoms with van der Waals surface area (Å²) in [5.74, 6) is 0.977. The lowest BCUT2D eigenvalue weighted by atomic mass is 10.1. The summed E-state index contributed by atoms with van der Waals surface area (Å²) in [5.41, 5.74) is 1.42. The molecule has 1 atom stereocenters. The van der Waals surface area contributed by atoms with E-state index in [0.717, 1.165) is 29.2 Å². The molecule has 3 rings (SSSR count). The number of aliphatic imine (C=N–C) groups is 2. The van der Waals surface area contributed by atoms with Crippen molar-refractivity contribution in [2.75, 3.05) is 18.8 Å². The first kappa shape index (κ1) is 15.3. The molecule has 0 aromatic heterocycles. The molecule has 0 bridgehead atoms. The predicted octanol–water partition coefficient (Wildman–Crippen LogP) is 3.28. The molecule has 0 saturated carbocycles. The maximum absolute atomic E-state index is 4.77. The van der Waals surface area contributed by atoms with E-state index in [1.54, 1.807) is 11.8 Å². The minimum Gasteiger partial charge on any atom is -0.362 e. The summed E-state index contributed by atoms with van der Waals surface area (Å²) in [6, 6.07) is 0.591. The lowest BCUT2D eigenvalue weighted by Crippen LogP contribution is -2.32. The van der Waals surface area contributed by atoms with Gasteiger partial charge in [0.05, 0.1) is 5.54 Å². The van der Waals surface area contributed by atoms with Crippen molar-refractivity contribution in [1.29, 1.82) is 0 Å². The molecule has 21 heavy (non-hydrogen) atoms. The summed E-state index contributed by atoms with van der Waals surface area (Å²) in [6.45, 7) is 8.61. The first-order valence-corrected chi connectivity index (χ1v) is 9.61. The summed E-state index contributed by atoms with van der Waals surface area (Å²) in [5, 5.41) is 8.13. The molecule has 0 radical (unpaired) electrons. The number of hydrogen-bond donors (Lipinski definition) is 1. The fraction of sp³-hybridized carbons (Fsp3) is 0.733. The Kier molecular flexibility index (Phi) is 4.54. The Morgan fingerprint density at radius 2 is 2.38 bits per heavy atom. The Morgan fingerprint density at radius 1 is 1.52 bits per heavy atom. The third-order valence-corrected chi connectivity index (χ3v) is 5.84. The summed E-state index contributed by atoms with van der Waals surface area (Å²) < 4.78 is 0. The van der Waals surface area contributed by atoms with E-state index in [1.165, 1.54) is 25.0 Å². The Bertz CT molecular complexity index is 496. The van der Waals surface area contributed by atoms with Crippen molar-refractivity contribution in [3.05, 3.63) is 11.1 Å². The zero-order valence-corrected chi connectivity index (χ0v) is 14.7. The van der Waals surface area contributed by atoms with Gasteiger partial charge >= 0.3 is 0 Å². The van der Waals surface area contributed by atoms with Gasteiger partial charge in [0, 0.05) is 30.6 Å². The monoisotopic (exact) mass is 324 g/mol. The summed E-state index contributed by atoms with van der Waals surface area (Å²) >= 11 is 3.60. The lowest BCUT2D eigenvalue weighted by Gasteiger charge is -2.21. The van der Waals surface area contributed by atoms with Crippen LogP contribution in [0.1, 0.15) is 40.0 Å². The molecular formula is C15H24N4S2. The van der Waals surface area contributed by atoms with Crippen LogP contribution in [0, 0.1) is 0 Å². The minimum atomic E-state index is 0.0535. The van der Waals surface area contributed by atoms with E-state index in [4.69, 9.17) is 4.99 Å². The van der Waals surface area contributed by atoms with Crippen molar-refractivity contribution in [2.45, 2.75) is 51.6 Å². The van der Waals surface area contributed by atoms with Crippen LogP contribution in [-0.4, -0.2) is 45.7 Å². The van der Waals surface area contributed by atoms with Crippen LogP contribution in [0.4, 0.5) is 0 Å². The zero-order chi connectivity index (χ0) is 14.9. The van der Waals surface area contributed by atoms with Gasteiger partial charge in [0.25, 0.3) is 0 Å². The number of thioether (sulfide) groups is 2. The van der Waals surface area contributed by atoms with Crippen LogP contribution in [0.2, 0.25) is 0 Å². The standard InChI is InChI=1S/C15H24N4S2/c1-4-11-6-5-7-16-13(17-11)20-8-12-9-21-14-18-15(2,3)10-19(12)14/h9,11H,4-8,10H2,1-3H3,(H,16,17)/t11-/m0/s1. The highest BCUT2D eigenvalue weighted by molar-refractivity contribution is 8.17. The van der Waals surface area contributed by atoms with Crippen molar-refractivity contribution < 1.29 is 0 Å². The van der Waals surface area contributed by atoms with E-state index in [9.17, 15) is 0 Å². The van der Waals surface area contributed by atoms with Crippen LogP contribution < -0.4 is 5.32 Å². The maximum atomic E-state index is 4.77. The molecule has 3 aliphatic rings. The van der Waals surface area contributed by atoms with Crippen molar-refractivity contribution >= 4 is 33.9 Å². The lowest BCUT2D eigenvalue weighted by molar-refractivity contribution is 0.436. The Balaban J connectivity index is 1.56. The number of amidine groups is 2. The van der Waals surface area contributed by atoms with Crippen LogP contribution in [0.5, 0.6) is 0 Å². The molecule has 0 aromatic rings. The molecule has 0 amide bonds. The average Bonchev–Trinajstić information content (AvgIpc) is 2.83. The van der Waals surface area contributed by atoms with E-state index < -0.39 is 0 Å². The van der Waals surface area contributed by atoms with Gasteiger partial charge in [0.1, 0.15) is 0 Å². The molecule has 1 N–H and O–H groups in total. The van der Waals surface area contributed by atoms with Crippen molar-refractivity contribution in [3.8, 4) is 0 Å². The fourth-order valence-electron chi connectivity index (χ4n) is 2.77. The zero-order valence-electron chi connectivity index (χ0n) is 13.1. The molecule has 0 spiro atoms. The van der Waals surface area contributed by atoms with Crippen molar-refractivity contribution in [2.24, 2.45) is 9.98 Å². The van der Waals surface area contributed by atoms with Crippen molar-refractivity contribution in [1.82, 2.24) is 10.2 Å². The first-order valence-electron chi connectivity index (χ1n) is 7.74. The molecule has 3 aliphatic heterocycles. The van der Waals surface area contributed by atoms with Crippen LogP contribution in [0.3, 0.4) is 0 Å². The second-order valence-electron chi connectivity index (χ2n) is 6.39. The summed E-state index contributed by atoms with van der Waals surface area (Å²) in [7, 11) is 0. The van der Waals surface area contributed by atoms with Gasteiger partial charge in [-0.25, -0.2) is 0 Å². The number of nitrogens with one attached hydrogen (secondary N) is 1. The fourth-order valence-corrected chi connectivity index (χ4v) is 4.89. The minimum absolute atomic E-state index is 0.0535. The van der Waals surface area contributed by atoms with Crippen LogP contribution in [0.25, 0.3) is 0 Å². The summed E-state index contributed by atoms with van der Waals surface area (Å²) in [6.07, 6.45) is 3.61. The topological polar surface area (TPSA) is 40.0 Å². The number of rotatable bonds is 3. The van der Waals surface area contributed by atoms with E-state index in [-0.39, 0.29) is 5.54 Å². The van der Waals surface area contributed by atoms with Gasteiger partial charge in [-0.3, -0.25) is 9.98 Å². The van der Waals surface area contributed by atoms with Crippen molar-refractivity contribution in [3.63, 3.8) is 0 Å². The van der Waals surface area contributed by atoms with E-state index in [2.05, 4.69) is 41.4 Å². The van der Waals surface area contributed by atoms with Crippen LogP contribution >= 0.6 is 23.5 Å². The number of fused-ring (bicyclic) bond motifs is 1. The Hall–Kier alpha value is -0.620. The van der Waals surface area contributed by atoms with E-state index in [1.807, 2.05) is 11.8 Å². The highest BCUT2D eigenvalue weighted by Gasteiger charge is 2.36. The third kappa shape index (κ3) is 3.59. The number of hydrogen-bond acceptors (Lipinski definition) is 6. The van der Waals surface area contributed by atoms with Gasteiger partial charge in [0.15, 0.2) is 10.3 Å². The SMILES string of the molecule is CC[C@H]1CCCN=C(SCC2=CSC3=NC(C)(C)CN23)N1. The molecule has 0 aromatic carbocycles. The third-order valence-electron chi connectivity index (χ3n) is 3.96. The maximum Gasteiger partial charge on any atom is 0.168 e. The Labute approximate surface area is 135 Å². The van der Waals surface area contributed by atoms with Gasteiger partial charge in [-0.05, 0) is 38.5 Å². The molecule has 0 fully saturated rings. The highest BCUT2D eigenvalue weighted by Crippen LogP contribution is 2.36. The normalized spacial score (nSPS) is 27.5. The van der Waals surface area contributed by atoms with E-state index >= 15 is 0 Å². The Morgan fingerprint density at radius 3 is 3.19 bits per heavy atom. The smallest absolute Gasteiger partial charge is 0.168 e. The molecule has 0 aliphatic carbocycles. The van der Waals surface area contributed by atoms with Gasteiger partial charge in [-0.15, -0.1) is 0 Å². The van der Waals surface area contributed by atoms with Crippen LogP contribution in [0.15, 0.2) is 21.1 Å². The quantitative estimate of drug-likeness (QED) is 0.865. The largest absolute Gasteiger partial charge is 0.362 e.